The molecule has 15 heteroatoms. The number of para-hydroxylation sites is 2. The second kappa shape index (κ2) is 20.2. The van der Waals surface area contributed by atoms with Crippen LogP contribution in [0.15, 0.2) is 237 Å². The first kappa shape index (κ1) is 51.1. The highest BCUT2D eigenvalue weighted by atomic mass is 19.4. The second-order valence-electron chi connectivity index (χ2n) is 20.0. The summed E-state index contributed by atoms with van der Waals surface area (Å²) >= 11 is 0. The molecule has 0 aliphatic rings. The zero-order chi connectivity index (χ0) is 57.3. The molecule has 14 rings (SSSR count). The van der Waals surface area contributed by atoms with Gasteiger partial charge in [-0.15, -0.1) is 0 Å². The molecule has 4 heterocycles. The van der Waals surface area contributed by atoms with Crippen LogP contribution in [0.1, 0.15) is 16.7 Å². The van der Waals surface area contributed by atoms with Crippen LogP contribution in [0.4, 0.5) is 26.3 Å². The van der Waals surface area contributed by atoms with Crippen LogP contribution < -0.4 is 0 Å². The Hall–Kier alpha value is -11.1. The van der Waals surface area contributed by atoms with Gasteiger partial charge < -0.3 is 9.13 Å². The Morgan fingerprint density at radius 1 is 0.310 bits per heavy atom. The Morgan fingerprint density at radius 3 is 1.05 bits per heavy atom. The largest absolute Gasteiger partial charge is 0.417 e. The lowest BCUT2D eigenvalue weighted by molar-refractivity contribution is -0.142. The maximum Gasteiger partial charge on any atom is 0.417 e. The van der Waals surface area contributed by atoms with Gasteiger partial charge in [0.05, 0.1) is 56.2 Å². The fourth-order valence-corrected chi connectivity index (χ4v) is 11.1. The van der Waals surface area contributed by atoms with E-state index in [4.69, 9.17) is 29.9 Å². The van der Waals surface area contributed by atoms with Crippen molar-refractivity contribution in [1.82, 2.24) is 39.0 Å². The summed E-state index contributed by atoms with van der Waals surface area (Å²) < 4.78 is 92.9. The monoisotopic (exact) mass is 1110 g/mol. The van der Waals surface area contributed by atoms with Gasteiger partial charge in [-0.1, -0.05) is 188 Å². The maximum absolute atomic E-state index is 15.4. The summed E-state index contributed by atoms with van der Waals surface area (Å²) in [7, 11) is 0. The lowest BCUT2D eigenvalue weighted by Gasteiger charge is -2.21. The van der Waals surface area contributed by atoms with Crippen molar-refractivity contribution in [3.8, 4) is 96.9 Å². The van der Waals surface area contributed by atoms with Crippen molar-refractivity contribution in [2.24, 2.45) is 0 Å². The van der Waals surface area contributed by atoms with E-state index >= 15 is 13.2 Å². The highest BCUT2D eigenvalue weighted by Crippen LogP contribution is 2.46. The van der Waals surface area contributed by atoms with Crippen molar-refractivity contribution in [2.45, 2.75) is 12.4 Å². The number of nitriles is 1. The van der Waals surface area contributed by atoms with E-state index in [9.17, 15) is 18.4 Å². The van der Waals surface area contributed by atoms with E-state index in [-0.39, 0.29) is 22.9 Å². The lowest BCUT2D eigenvalue weighted by atomic mass is 9.92. The molecule has 10 aromatic carbocycles. The molecule has 402 valence electrons. The van der Waals surface area contributed by atoms with Crippen LogP contribution in [0.5, 0.6) is 0 Å². The predicted octanol–water partition coefficient (Wildman–Crippen LogP) is 17.8. The molecule has 0 aliphatic heterocycles. The summed E-state index contributed by atoms with van der Waals surface area (Å²) in [6.07, 6.45) is -10.4. The van der Waals surface area contributed by atoms with Crippen molar-refractivity contribution in [3.63, 3.8) is 0 Å². The fourth-order valence-electron chi connectivity index (χ4n) is 11.1. The topological polar surface area (TPSA) is 111 Å². The highest BCUT2D eigenvalue weighted by molar-refractivity contribution is 6.13. The molecular formula is C69H39F6N9. The number of rotatable bonds is 9. The van der Waals surface area contributed by atoms with Gasteiger partial charge in [0.2, 0.25) is 0 Å². The molecule has 0 bridgehead atoms. The minimum Gasteiger partial charge on any atom is -0.307 e. The average molecular weight is 1110 g/mol. The average Bonchev–Trinajstić information content (AvgIpc) is 1.72. The molecule has 0 unspecified atom stereocenters. The minimum atomic E-state index is -5.27. The van der Waals surface area contributed by atoms with E-state index in [2.05, 4.69) is 6.07 Å². The smallest absolute Gasteiger partial charge is 0.307 e. The van der Waals surface area contributed by atoms with Crippen LogP contribution in [0, 0.1) is 11.3 Å². The Bertz CT molecular complexity index is 4820. The minimum absolute atomic E-state index is 0.0982. The Balaban J connectivity index is 1.08. The molecule has 0 radical (unpaired) electrons. The van der Waals surface area contributed by atoms with Gasteiger partial charge in [-0.2, -0.15) is 31.6 Å². The van der Waals surface area contributed by atoms with Gasteiger partial charge in [0.1, 0.15) is 0 Å². The summed E-state index contributed by atoms with van der Waals surface area (Å²) in [5.41, 5.74) is 3.22. The number of hydrogen-bond acceptors (Lipinski definition) is 7. The first-order chi connectivity index (χ1) is 40.9. The summed E-state index contributed by atoms with van der Waals surface area (Å²) in [4.78, 5) is 29.9. The van der Waals surface area contributed by atoms with Gasteiger partial charge >= 0.3 is 12.4 Å². The van der Waals surface area contributed by atoms with Crippen LogP contribution in [0.2, 0.25) is 0 Å². The molecule has 84 heavy (non-hydrogen) atoms. The van der Waals surface area contributed by atoms with Gasteiger partial charge in [0.25, 0.3) is 0 Å². The molecule has 0 fully saturated rings. The van der Waals surface area contributed by atoms with E-state index in [1.54, 1.807) is 0 Å². The number of fused-ring (bicyclic) bond motifs is 6. The first-order valence-corrected chi connectivity index (χ1v) is 26.5. The predicted molar refractivity (Wildman–Crippen MR) is 315 cm³/mol. The van der Waals surface area contributed by atoms with E-state index < -0.39 is 29.0 Å². The van der Waals surface area contributed by atoms with Gasteiger partial charge in [0.15, 0.2) is 34.9 Å². The number of benzene rings is 10. The zero-order valence-electron chi connectivity index (χ0n) is 43.8. The molecule has 0 amide bonds. The van der Waals surface area contributed by atoms with E-state index in [0.29, 0.717) is 79.9 Å². The maximum atomic E-state index is 15.4. The van der Waals surface area contributed by atoms with Crippen molar-refractivity contribution >= 4 is 43.6 Å². The molecule has 4 aromatic heterocycles. The molecule has 0 aliphatic carbocycles. The molecule has 9 nitrogen and oxygen atoms in total. The van der Waals surface area contributed by atoms with E-state index in [1.807, 2.05) is 215 Å². The Labute approximate surface area is 474 Å². The van der Waals surface area contributed by atoms with Crippen molar-refractivity contribution < 1.29 is 26.3 Å². The Kier molecular flexibility index (Phi) is 12.3. The number of hydrogen-bond donors (Lipinski definition) is 0. The molecule has 14 aromatic rings. The van der Waals surface area contributed by atoms with E-state index in [0.717, 1.165) is 49.9 Å². The van der Waals surface area contributed by atoms with Crippen molar-refractivity contribution in [2.75, 3.05) is 0 Å². The third-order valence-corrected chi connectivity index (χ3v) is 14.9. The van der Waals surface area contributed by atoms with Gasteiger partial charge in [0, 0.05) is 60.5 Å². The van der Waals surface area contributed by atoms with Gasteiger partial charge in [-0.3, -0.25) is 0 Å². The number of nitrogens with zero attached hydrogens (tertiary/aromatic N) is 9. The molecule has 0 saturated heterocycles. The normalized spacial score (nSPS) is 11.9. The van der Waals surface area contributed by atoms with Crippen LogP contribution in [0.25, 0.3) is 134 Å². The summed E-state index contributed by atoms with van der Waals surface area (Å²) in [5, 5.41) is 14.3. The third kappa shape index (κ3) is 9.02. The number of halogens is 6. The van der Waals surface area contributed by atoms with Crippen LogP contribution in [-0.4, -0.2) is 39.0 Å². The summed E-state index contributed by atoms with van der Waals surface area (Å²) in [6.45, 7) is 0. The lowest BCUT2D eigenvalue weighted by Crippen LogP contribution is -2.13. The van der Waals surface area contributed by atoms with Crippen LogP contribution >= 0.6 is 0 Å². The summed E-state index contributed by atoms with van der Waals surface area (Å²) in [6, 6.07) is 71.5. The quantitative estimate of drug-likeness (QED) is 0.132. The molecule has 0 N–H and O–H groups in total. The summed E-state index contributed by atoms with van der Waals surface area (Å²) in [5.74, 6) is 2.41. The van der Waals surface area contributed by atoms with Crippen LogP contribution in [0.3, 0.4) is 0 Å². The fraction of sp³-hybridized carbons (Fsp3) is 0.0290. The van der Waals surface area contributed by atoms with Gasteiger partial charge in [-0.25, -0.2) is 29.9 Å². The molecule has 0 spiro atoms. The SMILES string of the molecule is N#Cc1cc(-n2c3ccccc3c3ccc(-c4nc(-c5ccccc5)nc(-c5ccccc5)n4)cc32)c(-n2c3ccccc3c3ccc(-c4nc(-c5ccccc5)nc(-c5ccccc5)n4)cc32)cc1-c1ccc(C(F)(F)F)cc1C(F)(F)F. The first-order valence-electron chi connectivity index (χ1n) is 26.5. The number of aromatic nitrogens is 8. The molecule has 0 saturated carbocycles. The zero-order valence-corrected chi connectivity index (χ0v) is 43.8. The number of alkyl halides is 6. The van der Waals surface area contributed by atoms with Crippen molar-refractivity contribution in [1.29, 1.82) is 5.26 Å². The molecular weight excluding hydrogens is 1070 g/mol. The second-order valence-corrected chi connectivity index (χ2v) is 20.0. The van der Waals surface area contributed by atoms with Crippen LogP contribution in [-0.2, 0) is 12.4 Å². The molecule has 0 atom stereocenters. The van der Waals surface area contributed by atoms with Gasteiger partial charge in [-0.05, 0) is 54.1 Å². The highest BCUT2D eigenvalue weighted by Gasteiger charge is 2.39. The third-order valence-electron chi connectivity index (χ3n) is 14.9. The van der Waals surface area contributed by atoms with Crippen molar-refractivity contribution in [3.05, 3.63) is 253 Å². The van der Waals surface area contributed by atoms with E-state index in [1.165, 1.54) is 12.1 Å². The standard InChI is InChI=1S/C69H39F6N9/c70-68(71,72)48-31-34-49(55(38-48)69(73,74)75)54-39-61(84-57-28-16-14-26-51(57)53-33-30-46(36-59(53)84)67-81-64(43-21-9-3-10-22-43)78-65(82-67)44-23-11-4-12-24-44)60(37-47(54)40-76)83-56-27-15-13-25-50(56)52-32-29-45(35-58(52)83)66-79-62(41-17-5-1-6-18-41)77-63(80-66)42-19-7-2-8-20-42/h1-39H. The Morgan fingerprint density at radius 2 is 0.667 bits per heavy atom.